The molecule has 7 heteroatoms. The highest BCUT2D eigenvalue weighted by atomic mass is 32.1. The third-order valence-electron chi connectivity index (χ3n) is 12.4. The number of nitrogens with zero attached hydrogens (tertiary/aromatic N) is 6. The predicted molar refractivity (Wildman–Crippen MR) is 252 cm³/mol. The van der Waals surface area contributed by atoms with E-state index >= 15 is 0 Å². The highest BCUT2D eigenvalue weighted by molar-refractivity contribution is 7.26. The zero-order chi connectivity index (χ0) is 40.3. The van der Waals surface area contributed by atoms with Crippen molar-refractivity contribution in [2.45, 2.75) is 0 Å². The molecule has 280 valence electrons. The van der Waals surface area contributed by atoms with Crippen molar-refractivity contribution in [1.82, 2.24) is 19.1 Å². The Morgan fingerprint density at radius 2 is 1.07 bits per heavy atom. The van der Waals surface area contributed by atoms with Crippen LogP contribution in [-0.4, -0.2) is 19.1 Å². The number of rotatable bonds is 4. The molecule has 0 fully saturated rings. The second-order valence-corrected chi connectivity index (χ2v) is 16.5. The van der Waals surface area contributed by atoms with Crippen LogP contribution in [-0.2, 0) is 0 Å². The minimum atomic E-state index is 0.354. The summed E-state index contributed by atoms with van der Waals surface area (Å²) in [6.07, 6.45) is 3.73. The fraction of sp³-hybridized carbons (Fsp3) is 0. The molecule has 0 aliphatic rings. The minimum absolute atomic E-state index is 0.354. The first-order valence-electron chi connectivity index (χ1n) is 20.1. The Morgan fingerprint density at radius 3 is 1.70 bits per heavy atom. The molecule has 5 aromatic heterocycles. The molecule has 61 heavy (non-hydrogen) atoms. The number of para-hydroxylation sites is 1. The molecule has 0 saturated carbocycles. The van der Waals surface area contributed by atoms with Gasteiger partial charge in [-0.05, 0) is 63.0 Å². The van der Waals surface area contributed by atoms with Crippen molar-refractivity contribution in [2.24, 2.45) is 0 Å². The first kappa shape index (κ1) is 33.6. The van der Waals surface area contributed by atoms with E-state index in [-0.39, 0.29) is 0 Å². The second-order valence-electron chi connectivity index (χ2n) is 15.4. The van der Waals surface area contributed by atoms with Gasteiger partial charge < -0.3 is 4.57 Å². The number of pyridine rings is 2. The summed E-state index contributed by atoms with van der Waals surface area (Å²) >= 11 is 1.78. The average molecular weight is 793 g/mol. The van der Waals surface area contributed by atoms with Gasteiger partial charge in [-0.3, -0.25) is 4.57 Å². The number of benzene rings is 8. The lowest BCUT2D eigenvalue weighted by Crippen LogP contribution is -2.09. The summed E-state index contributed by atoms with van der Waals surface area (Å²) in [4.78, 5) is 14.8. The zero-order valence-corrected chi connectivity index (χ0v) is 33.1. The van der Waals surface area contributed by atoms with E-state index < -0.39 is 0 Å². The van der Waals surface area contributed by atoms with Gasteiger partial charge in [0.15, 0.2) is 0 Å². The lowest BCUT2D eigenvalue weighted by Gasteiger charge is -2.25. The van der Waals surface area contributed by atoms with Gasteiger partial charge in [0.2, 0.25) is 5.69 Å². The Balaban J connectivity index is 1.35. The maximum Gasteiger partial charge on any atom is 0.220 e. The SMILES string of the molecule is [C-]#[N+]c1c(-c2ccccc2)c(C#N)c(-n2c3ccccc3c3ccc4sc5ccccc5c4c32)c(-c2ccccc2)c1-n1c2nccc3c4ccccc4c4ccnc1c4c32. The van der Waals surface area contributed by atoms with Crippen LogP contribution >= 0.6 is 11.3 Å². The minimum Gasteiger partial charge on any atom is -0.307 e. The molecule has 0 amide bonds. The van der Waals surface area contributed by atoms with Crippen molar-refractivity contribution >= 4 is 103 Å². The van der Waals surface area contributed by atoms with E-state index in [0.717, 1.165) is 86.3 Å². The third-order valence-corrected chi connectivity index (χ3v) is 13.6. The van der Waals surface area contributed by atoms with Crippen LogP contribution < -0.4 is 0 Å². The molecule has 5 heterocycles. The summed E-state index contributed by atoms with van der Waals surface area (Å²) in [5.74, 6) is 0. The zero-order valence-electron chi connectivity index (χ0n) is 32.3. The average Bonchev–Trinajstić information content (AvgIpc) is 3.99. The van der Waals surface area contributed by atoms with E-state index in [2.05, 4.69) is 129 Å². The van der Waals surface area contributed by atoms with Gasteiger partial charge in [0, 0.05) is 65.2 Å². The summed E-state index contributed by atoms with van der Waals surface area (Å²) in [5.41, 5.74) is 8.43. The molecule has 0 radical (unpaired) electrons. The number of fused-ring (bicyclic) bond motifs is 10. The monoisotopic (exact) mass is 792 g/mol. The van der Waals surface area contributed by atoms with E-state index in [4.69, 9.17) is 16.5 Å². The van der Waals surface area contributed by atoms with Crippen molar-refractivity contribution in [3.8, 4) is 39.7 Å². The van der Waals surface area contributed by atoms with Gasteiger partial charge in [-0.25, -0.2) is 14.8 Å². The molecule has 0 spiro atoms. The molecule has 0 aliphatic carbocycles. The fourth-order valence-corrected chi connectivity index (χ4v) is 11.2. The van der Waals surface area contributed by atoms with Crippen molar-refractivity contribution < 1.29 is 0 Å². The van der Waals surface area contributed by atoms with Gasteiger partial charge >= 0.3 is 0 Å². The van der Waals surface area contributed by atoms with E-state index in [0.29, 0.717) is 39.5 Å². The van der Waals surface area contributed by atoms with Crippen LogP contribution in [0.15, 0.2) is 170 Å². The molecule has 6 nitrogen and oxygen atoms in total. The molecule has 13 rings (SSSR count). The molecule has 0 atom stereocenters. The fourth-order valence-electron chi connectivity index (χ4n) is 10.1. The van der Waals surface area contributed by atoms with Gasteiger partial charge in [0.1, 0.15) is 17.4 Å². The summed E-state index contributed by atoms with van der Waals surface area (Å²) < 4.78 is 6.78. The standard InChI is InChI=1S/C54H28N6S/c1-56-49-44(31-14-4-2-5-15-31)40(30-55)51(59-41-22-12-10-20-35(41)38-24-25-43-46(50(38)59)39-21-11-13-23-42(39)61-43)45(32-16-6-3-7-17-32)52(49)60-53-47-36(26-28-57-53)33-18-8-9-19-34(33)37-27-29-58-54(60)48(37)47/h2-29H. The van der Waals surface area contributed by atoms with Crippen LogP contribution in [0.2, 0.25) is 0 Å². The summed E-state index contributed by atoms with van der Waals surface area (Å²) in [5, 5.41) is 22.6. The quantitative estimate of drug-likeness (QED) is 0.132. The van der Waals surface area contributed by atoms with E-state index in [1.165, 1.54) is 4.70 Å². The first-order chi connectivity index (χ1) is 30.2. The molecular formula is C54H28N6S. The summed E-state index contributed by atoms with van der Waals surface area (Å²) in [6.45, 7) is 9.17. The van der Waals surface area contributed by atoms with Gasteiger partial charge in [-0.15, -0.1) is 11.3 Å². The Morgan fingerprint density at radius 1 is 0.492 bits per heavy atom. The molecular weight excluding hydrogens is 765 g/mol. The molecule has 8 aromatic carbocycles. The van der Waals surface area contributed by atoms with Crippen LogP contribution in [0.3, 0.4) is 0 Å². The smallest absolute Gasteiger partial charge is 0.220 e. The Hall–Kier alpha value is -8.36. The Kier molecular flexibility index (Phi) is 6.92. The van der Waals surface area contributed by atoms with Crippen molar-refractivity contribution in [1.29, 1.82) is 5.26 Å². The van der Waals surface area contributed by atoms with Gasteiger partial charge in [0.05, 0.1) is 34.5 Å². The largest absolute Gasteiger partial charge is 0.307 e. The predicted octanol–water partition coefficient (Wildman–Crippen LogP) is 14.5. The Bertz CT molecular complexity index is 3980. The topological polar surface area (TPSA) is 63.8 Å². The van der Waals surface area contributed by atoms with E-state index in [1.807, 2.05) is 60.9 Å². The number of nitriles is 1. The lowest BCUT2D eigenvalue weighted by molar-refractivity contribution is 1.09. The highest BCUT2D eigenvalue weighted by Gasteiger charge is 2.33. The second kappa shape index (κ2) is 12.6. The van der Waals surface area contributed by atoms with Crippen molar-refractivity contribution in [3.63, 3.8) is 0 Å². The number of thiophene rings is 1. The van der Waals surface area contributed by atoms with Crippen molar-refractivity contribution in [3.05, 3.63) is 187 Å². The first-order valence-corrected chi connectivity index (χ1v) is 20.9. The summed E-state index contributed by atoms with van der Waals surface area (Å²) in [6, 6.07) is 57.0. The van der Waals surface area contributed by atoms with Crippen LogP contribution in [0, 0.1) is 17.9 Å². The normalized spacial score (nSPS) is 11.9. The maximum atomic E-state index is 11.8. The Labute approximate surface area is 352 Å². The number of hydrogen-bond donors (Lipinski definition) is 0. The van der Waals surface area contributed by atoms with Crippen LogP contribution in [0.1, 0.15) is 5.56 Å². The number of aromatic nitrogens is 4. The highest BCUT2D eigenvalue weighted by Crippen LogP contribution is 2.54. The molecule has 0 saturated heterocycles. The van der Waals surface area contributed by atoms with Gasteiger partial charge in [-0.1, -0.05) is 127 Å². The van der Waals surface area contributed by atoms with Crippen LogP contribution in [0.4, 0.5) is 5.69 Å². The maximum absolute atomic E-state index is 11.8. The van der Waals surface area contributed by atoms with E-state index in [9.17, 15) is 5.26 Å². The molecule has 0 N–H and O–H groups in total. The van der Waals surface area contributed by atoms with Crippen LogP contribution in [0.5, 0.6) is 0 Å². The lowest BCUT2D eigenvalue weighted by atomic mass is 9.88. The van der Waals surface area contributed by atoms with E-state index in [1.54, 1.807) is 11.3 Å². The molecule has 0 aliphatic heterocycles. The van der Waals surface area contributed by atoms with Gasteiger partial charge in [-0.2, -0.15) is 5.26 Å². The third kappa shape index (κ3) is 4.42. The molecule has 0 bridgehead atoms. The molecule has 13 aromatic rings. The van der Waals surface area contributed by atoms with Crippen molar-refractivity contribution in [2.75, 3.05) is 0 Å². The summed E-state index contributed by atoms with van der Waals surface area (Å²) in [7, 11) is 0. The molecule has 0 unspecified atom stereocenters. The van der Waals surface area contributed by atoms with Gasteiger partial charge in [0.25, 0.3) is 0 Å². The number of hydrogen-bond acceptors (Lipinski definition) is 4. The van der Waals surface area contributed by atoms with Crippen LogP contribution in [0.25, 0.3) is 124 Å².